The SMILES string of the molecule is C[C@H](CO)N1C[C@H](C)[C@@H](CN(C)Cc2ccccc2)Oc2ccc(NC(=O)CCN3CCOCC3)cc2CC1=O. The highest BCUT2D eigenvalue weighted by molar-refractivity contribution is 5.91. The lowest BCUT2D eigenvalue weighted by Gasteiger charge is -2.34. The van der Waals surface area contributed by atoms with Gasteiger partial charge >= 0.3 is 0 Å². The Hall–Kier alpha value is -2.98. The summed E-state index contributed by atoms with van der Waals surface area (Å²) in [4.78, 5) is 32.4. The van der Waals surface area contributed by atoms with Crippen molar-refractivity contribution in [2.24, 2.45) is 5.92 Å². The maximum absolute atomic E-state index is 13.5. The molecule has 0 unspecified atom stereocenters. The fourth-order valence-electron chi connectivity index (χ4n) is 5.30. The molecule has 9 nitrogen and oxygen atoms in total. The van der Waals surface area contributed by atoms with Crippen LogP contribution in [0.15, 0.2) is 48.5 Å². The number of morpholine rings is 1. The third kappa shape index (κ3) is 8.51. The molecule has 0 spiro atoms. The van der Waals surface area contributed by atoms with Crippen LogP contribution >= 0.6 is 0 Å². The Morgan fingerprint density at radius 1 is 1.18 bits per heavy atom. The highest BCUT2D eigenvalue weighted by atomic mass is 16.5. The Balaban J connectivity index is 1.50. The Morgan fingerprint density at radius 2 is 1.93 bits per heavy atom. The maximum Gasteiger partial charge on any atom is 0.227 e. The van der Waals surface area contributed by atoms with Crippen molar-refractivity contribution in [3.63, 3.8) is 0 Å². The van der Waals surface area contributed by atoms with E-state index in [0.29, 0.717) is 50.7 Å². The molecule has 2 heterocycles. The van der Waals surface area contributed by atoms with E-state index >= 15 is 0 Å². The molecule has 9 heteroatoms. The number of carbonyl (C=O) groups excluding carboxylic acids is 2. The van der Waals surface area contributed by atoms with Crippen LogP contribution in [0.25, 0.3) is 0 Å². The van der Waals surface area contributed by atoms with Gasteiger partial charge in [0.25, 0.3) is 0 Å². The van der Waals surface area contributed by atoms with Crippen LogP contribution in [0, 0.1) is 5.92 Å². The summed E-state index contributed by atoms with van der Waals surface area (Å²) in [6.45, 7) is 9.58. The average Bonchev–Trinajstić information content (AvgIpc) is 3.00. The van der Waals surface area contributed by atoms with E-state index in [1.807, 2.05) is 43.3 Å². The molecule has 2 aliphatic heterocycles. The topological polar surface area (TPSA) is 94.6 Å². The number of rotatable bonds is 10. The molecule has 3 atom stereocenters. The number of carbonyl (C=O) groups is 2. The van der Waals surface area contributed by atoms with Gasteiger partial charge in [0.2, 0.25) is 11.8 Å². The summed E-state index contributed by atoms with van der Waals surface area (Å²) in [5, 5.41) is 12.9. The molecule has 4 rings (SSSR count). The molecule has 0 radical (unpaired) electrons. The van der Waals surface area contributed by atoms with Crippen LogP contribution in [0.2, 0.25) is 0 Å². The Kier molecular flexibility index (Phi) is 10.9. The molecular weight excluding hydrogens is 508 g/mol. The smallest absolute Gasteiger partial charge is 0.227 e. The van der Waals surface area contributed by atoms with E-state index in [2.05, 4.69) is 41.2 Å². The molecular formula is C31H44N4O5. The van der Waals surface area contributed by atoms with Gasteiger partial charge in [-0.2, -0.15) is 0 Å². The van der Waals surface area contributed by atoms with Crippen LogP contribution in [0.1, 0.15) is 31.4 Å². The molecule has 2 N–H and O–H groups in total. The van der Waals surface area contributed by atoms with Crippen molar-refractivity contribution in [1.82, 2.24) is 14.7 Å². The van der Waals surface area contributed by atoms with E-state index < -0.39 is 0 Å². The summed E-state index contributed by atoms with van der Waals surface area (Å²) >= 11 is 0. The number of aliphatic hydroxyl groups is 1. The molecule has 2 aliphatic rings. The molecule has 1 fully saturated rings. The van der Waals surface area contributed by atoms with Gasteiger partial charge in [-0.1, -0.05) is 37.3 Å². The maximum atomic E-state index is 13.5. The second-order valence-corrected chi connectivity index (χ2v) is 11.1. The number of nitrogens with one attached hydrogen (secondary N) is 1. The lowest BCUT2D eigenvalue weighted by atomic mass is 10.0. The van der Waals surface area contributed by atoms with Gasteiger partial charge in [0.1, 0.15) is 11.9 Å². The number of hydrogen-bond donors (Lipinski definition) is 2. The first-order valence-electron chi connectivity index (χ1n) is 14.3. The number of fused-ring (bicyclic) bond motifs is 1. The highest BCUT2D eigenvalue weighted by Gasteiger charge is 2.31. The van der Waals surface area contributed by atoms with Gasteiger partial charge in [0.15, 0.2) is 0 Å². The molecule has 0 aromatic heterocycles. The van der Waals surface area contributed by atoms with E-state index in [9.17, 15) is 14.7 Å². The van der Waals surface area contributed by atoms with Crippen LogP contribution in [0.4, 0.5) is 5.69 Å². The number of nitrogens with zero attached hydrogens (tertiary/aromatic N) is 3. The number of amides is 2. The molecule has 0 bridgehead atoms. The standard InChI is InChI=1S/C31H44N4O5/c1-23-19-35(24(2)22-36)31(38)18-26-17-27(32-30(37)11-12-34-13-15-39-16-14-34)9-10-28(26)40-29(23)21-33(3)20-25-7-5-4-6-8-25/h4-10,17,23-24,29,36H,11-16,18-22H2,1-3H3,(H,32,37)/t23-,24+,29+/m0/s1. The van der Waals surface area contributed by atoms with Crippen LogP contribution in [-0.4, -0.2) is 103 Å². The van der Waals surface area contributed by atoms with Crippen LogP contribution < -0.4 is 10.1 Å². The summed E-state index contributed by atoms with van der Waals surface area (Å²) in [7, 11) is 2.07. The van der Waals surface area contributed by atoms with Gasteiger partial charge < -0.3 is 24.8 Å². The fourth-order valence-corrected chi connectivity index (χ4v) is 5.30. The minimum absolute atomic E-state index is 0.0293. The molecule has 2 aromatic rings. The van der Waals surface area contributed by atoms with Gasteiger partial charge in [0, 0.05) is 62.9 Å². The predicted octanol–water partition coefficient (Wildman–Crippen LogP) is 2.63. The van der Waals surface area contributed by atoms with Crippen molar-refractivity contribution in [2.75, 3.05) is 64.9 Å². The van der Waals surface area contributed by atoms with Crippen LogP contribution in [-0.2, 0) is 27.3 Å². The van der Waals surface area contributed by atoms with Gasteiger partial charge in [-0.05, 0) is 37.7 Å². The molecule has 2 aromatic carbocycles. The molecule has 0 aliphatic carbocycles. The Bertz CT molecular complexity index is 1110. The van der Waals surface area contributed by atoms with Gasteiger partial charge in [-0.3, -0.25) is 19.4 Å². The first-order chi connectivity index (χ1) is 19.3. The molecule has 218 valence electrons. The third-order valence-corrected chi connectivity index (χ3v) is 7.75. The summed E-state index contributed by atoms with van der Waals surface area (Å²) in [6, 6.07) is 15.6. The number of ether oxygens (including phenoxy) is 2. The van der Waals surface area contributed by atoms with Crippen molar-refractivity contribution >= 4 is 17.5 Å². The second-order valence-electron chi connectivity index (χ2n) is 11.1. The number of likely N-dealkylation sites (N-methyl/N-ethyl adjacent to an activating group) is 1. The largest absolute Gasteiger partial charge is 0.488 e. The van der Waals surface area contributed by atoms with Gasteiger partial charge in [0.05, 0.1) is 32.3 Å². The summed E-state index contributed by atoms with van der Waals surface area (Å²) < 4.78 is 12.0. The normalized spacial score (nSPS) is 21.1. The first-order valence-corrected chi connectivity index (χ1v) is 14.3. The van der Waals surface area contributed by atoms with E-state index in [1.165, 1.54) is 5.56 Å². The van der Waals surface area contributed by atoms with Crippen molar-refractivity contribution in [1.29, 1.82) is 0 Å². The summed E-state index contributed by atoms with van der Waals surface area (Å²) in [5.41, 5.74) is 2.60. The molecule has 0 saturated carbocycles. The minimum atomic E-state index is -0.303. The zero-order chi connectivity index (χ0) is 28.5. The van der Waals surface area contributed by atoms with E-state index in [1.54, 1.807) is 4.90 Å². The molecule has 1 saturated heterocycles. The van der Waals surface area contributed by atoms with E-state index in [-0.39, 0.29) is 42.9 Å². The number of anilines is 1. The average molecular weight is 553 g/mol. The quantitative estimate of drug-likeness (QED) is 0.468. The monoisotopic (exact) mass is 552 g/mol. The first kappa shape index (κ1) is 30.0. The predicted molar refractivity (Wildman–Crippen MR) is 155 cm³/mol. The summed E-state index contributed by atoms with van der Waals surface area (Å²) in [6.07, 6.45) is 0.346. The van der Waals surface area contributed by atoms with Crippen molar-refractivity contribution in [3.05, 3.63) is 59.7 Å². The van der Waals surface area contributed by atoms with Gasteiger partial charge in [-0.15, -0.1) is 0 Å². The second kappa shape index (κ2) is 14.6. The minimum Gasteiger partial charge on any atom is -0.488 e. The zero-order valence-electron chi connectivity index (χ0n) is 24.1. The highest BCUT2D eigenvalue weighted by Crippen LogP contribution is 2.29. The van der Waals surface area contributed by atoms with Crippen LogP contribution in [0.3, 0.4) is 0 Å². The fraction of sp³-hybridized carbons (Fsp3) is 0.548. The van der Waals surface area contributed by atoms with Crippen molar-refractivity contribution < 1.29 is 24.2 Å². The van der Waals surface area contributed by atoms with E-state index in [4.69, 9.17) is 9.47 Å². The molecule has 40 heavy (non-hydrogen) atoms. The lowest BCUT2D eigenvalue weighted by molar-refractivity contribution is -0.134. The third-order valence-electron chi connectivity index (χ3n) is 7.75. The van der Waals surface area contributed by atoms with E-state index in [0.717, 1.165) is 25.2 Å². The van der Waals surface area contributed by atoms with Crippen molar-refractivity contribution in [2.45, 2.75) is 45.4 Å². The Labute approximate surface area is 238 Å². The van der Waals surface area contributed by atoms with Crippen molar-refractivity contribution in [3.8, 4) is 5.75 Å². The number of hydrogen-bond acceptors (Lipinski definition) is 7. The zero-order valence-corrected chi connectivity index (χ0v) is 24.1. The Morgan fingerprint density at radius 3 is 2.65 bits per heavy atom. The summed E-state index contributed by atoms with van der Waals surface area (Å²) in [5.74, 6) is 0.559. The van der Waals surface area contributed by atoms with Gasteiger partial charge in [-0.25, -0.2) is 0 Å². The lowest BCUT2D eigenvalue weighted by Crippen LogP contribution is -2.47. The number of aliphatic hydroxyl groups excluding tert-OH is 1. The van der Waals surface area contributed by atoms with Crippen LogP contribution in [0.5, 0.6) is 5.75 Å². The molecule has 2 amide bonds. The number of benzene rings is 2.